The van der Waals surface area contributed by atoms with Crippen molar-refractivity contribution < 1.29 is 4.79 Å². The number of nitrogens with zero attached hydrogens (tertiary/aromatic N) is 1. The first-order chi connectivity index (χ1) is 7.18. The van der Waals surface area contributed by atoms with Crippen LogP contribution in [0.3, 0.4) is 0 Å². The lowest BCUT2D eigenvalue weighted by atomic mass is 9.80. The Morgan fingerprint density at radius 3 is 2.67 bits per heavy atom. The van der Waals surface area contributed by atoms with E-state index < -0.39 is 0 Å². The monoisotopic (exact) mass is 210 g/mol. The lowest BCUT2D eigenvalue weighted by Crippen LogP contribution is -2.38. The van der Waals surface area contributed by atoms with Crippen LogP contribution in [0.5, 0.6) is 0 Å². The Bertz CT molecular complexity index is 242. The van der Waals surface area contributed by atoms with Crippen LogP contribution >= 0.6 is 0 Å². The third-order valence-corrected chi connectivity index (χ3v) is 4.08. The van der Waals surface area contributed by atoms with Crippen molar-refractivity contribution in [3.63, 3.8) is 0 Å². The summed E-state index contributed by atoms with van der Waals surface area (Å²) in [6, 6.07) is -0.219. The minimum Gasteiger partial charge on any atom is -0.341 e. The summed E-state index contributed by atoms with van der Waals surface area (Å²) in [7, 11) is 0. The molecule has 3 heteroatoms. The smallest absolute Gasteiger partial charge is 0.239 e. The van der Waals surface area contributed by atoms with Gasteiger partial charge in [-0.25, -0.2) is 0 Å². The molecule has 2 rings (SSSR count). The fraction of sp³-hybridized carbons (Fsp3) is 0.917. The van der Waals surface area contributed by atoms with E-state index in [0.717, 1.165) is 25.4 Å². The summed E-state index contributed by atoms with van der Waals surface area (Å²) in [6.07, 6.45) is 6.17. The summed E-state index contributed by atoms with van der Waals surface area (Å²) in [6.45, 7) is 4.15. The van der Waals surface area contributed by atoms with Gasteiger partial charge in [0.15, 0.2) is 0 Å². The molecule has 3 nitrogen and oxygen atoms in total. The van der Waals surface area contributed by atoms with Crippen molar-refractivity contribution >= 4 is 5.91 Å². The molecule has 3 unspecified atom stereocenters. The van der Waals surface area contributed by atoms with Crippen molar-refractivity contribution in [2.75, 3.05) is 13.1 Å². The van der Waals surface area contributed by atoms with Crippen LogP contribution in [-0.2, 0) is 4.79 Å². The van der Waals surface area contributed by atoms with Crippen LogP contribution in [0.4, 0.5) is 0 Å². The zero-order valence-corrected chi connectivity index (χ0v) is 9.61. The van der Waals surface area contributed by atoms with Gasteiger partial charge in [-0.05, 0) is 24.7 Å². The molecule has 1 heterocycles. The zero-order valence-electron chi connectivity index (χ0n) is 9.61. The van der Waals surface area contributed by atoms with E-state index in [1.54, 1.807) is 0 Å². The molecule has 1 saturated carbocycles. The third kappa shape index (κ3) is 2.33. The van der Waals surface area contributed by atoms with Crippen LogP contribution in [0.1, 0.15) is 39.0 Å². The number of carbonyl (C=O) groups is 1. The third-order valence-electron chi connectivity index (χ3n) is 4.08. The van der Waals surface area contributed by atoms with Gasteiger partial charge >= 0.3 is 0 Å². The first-order valence-electron chi connectivity index (χ1n) is 6.23. The molecule has 0 spiro atoms. The molecule has 1 saturated heterocycles. The highest BCUT2D eigenvalue weighted by atomic mass is 16.2. The highest BCUT2D eigenvalue weighted by molar-refractivity contribution is 5.83. The van der Waals surface area contributed by atoms with Gasteiger partial charge in [0.25, 0.3) is 0 Å². The molecule has 3 atom stereocenters. The van der Waals surface area contributed by atoms with E-state index in [4.69, 9.17) is 5.73 Å². The Kier molecular flexibility index (Phi) is 3.29. The van der Waals surface area contributed by atoms with Gasteiger partial charge in [-0.2, -0.15) is 0 Å². The number of carbonyl (C=O) groups excluding carboxylic acids is 1. The summed E-state index contributed by atoms with van der Waals surface area (Å²) in [5, 5.41) is 0. The Balaban J connectivity index is 1.88. The second-order valence-electron chi connectivity index (χ2n) is 5.20. The number of nitrogens with two attached hydrogens (primary N) is 1. The molecule has 1 aliphatic carbocycles. The molecule has 2 aliphatic rings. The number of rotatable bonds is 2. The largest absolute Gasteiger partial charge is 0.341 e. The van der Waals surface area contributed by atoms with Crippen molar-refractivity contribution in [1.29, 1.82) is 0 Å². The van der Waals surface area contributed by atoms with Crippen LogP contribution < -0.4 is 5.73 Å². The highest BCUT2D eigenvalue weighted by Crippen LogP contribution is 2.30. The first kappa shape index (κ1) is 10.9. The van der Waals surface area contributed by atoms with E-state index in [1.807, 2.05) is 4.90 Å². The second kappa shape index (κ2) is 4.52. The average molecular weight is 210 g/mol. The lowest BCUT2D eigenvalue weighted by Gasteiger charge is -2.32. The summed E-state index contributed by atoms with van der Waals surface area (Å²) in [5.41, 5.74) is 5.72. The van der Waals surface area contributed by atoms with Gasteiger partial charge in [0, 0.05) is 13.1 Å². The molecule has 0 radical (unpaired) electrons. The quantitative estimate of drug-likeness (QED) is 0.748. The van der Waals surface area contributed by atoms with Crippen molar-refractivity contribution in [3.8, 4) is 0 Å². The van der Waals surface area contributed by atoms with Crippen molar-refractivity contribution in [2.24, 2.45) is 17.6 Å². The molecule has 2 fully saturated rings. The van der Waals surface area contributed by atoms with Gasteiger partial charge in [-0.3, -0.25) is 4.79 Å². The Morgan fingerprint density at radius 2 is 2.07 bits per heavy atom. The molecule has 1 amide bonds. The van der Waals surface area contributed by atoms with E-state index in [-0.39, 0.29) is 11.9 Å². The van der Waals surface area contributed by atoms with Crippen LogP contribution in [0.15, 0.2) is 0 Å². The van der Waals surface area contributed by atoms with Crippen LogP contribution in [0, 0.1) is 11.8 Å². The van der Waals surface area contributed by atoms with Gasteiger partial charge in [-0.1, -0.05) is 26.2 Å². The zero-order chi connectivity index (χ0) is 10.8. The van der Waals surface area contributed by atoms with Gasteiger partial charge in [0.1, 0.15) is 0 Å². The van der Waals surface area contributed by atoms with E-state index in [2.05, 4.69) is 6.92 Å². The predicted molar refractivity (Wildman–Crippen MR) is 60.3 cm³/mol. The average Bonchev–Trinajstić information content (AvgIpc) is 2.53. The summed E-state index contributed by atoms with van der Waals surface area (Å²) in [4.78, 5) is 13.7. The fourth-order valence-corrected chi connectivity index (χ4v) is 2.89. The molecule has 2 N–H and O–H groups in total. The molecular formula is C12H22N2O. The number of likely N-dealkylation sites (tertiary alicyclic amines) is 1. The minimum absolute atomic E-state index is 0.174. The summed E-state index contributed by atoms with van der Waals surface area (Å²) in [5.74, 6) is 1.67. The molecule has 0 aromatic carbocycles. The maximum absolute atomic E-state index is 11.7. The van der Waals surface area contributed by atoms with Crippen molar-refractivity contribution in [3.05, 3.63) is 0 Å². The van der Waals surface area contributed by atoms with E-state index in [1.165, 1.54) is 25.7 Å². The Labute approximate surface area is 92.0 Å². The number of amides is 1. The second-order valence-corrected chi connectivity index (χ2v) is 5.20. The number of hydrogen-bond acceptors (Lipinski definition) is 2. The van der Waals surface area contributed by atoms with Crippen LogP contribution in [0.25, 0.3) is 0 Å². The van der Waals surface area contributed by atoms with E-state index in [9.17, 15) is 4.79 Å². The van der Waals surface area contributed by atoms with Crippen LogP contribution in [-0.4, -0.2) is 29.9 Å². The highest BCUT2D eigenvalue weighted by Gasteiger charge is 2.32. The number of hydrogen-bond donors (Lipinski definition) is 1. The molecular weight excluding hydrogens is 188 g/mol. The maximum atomic E-state index is 11.7. The van der Waals surface area contributed by atoms with Gasteiger partial charge in [0.05, 0.1) is 6.04 Å². The van der Waals surface area contributed by atoms with Gasteiger partial charge in [-0.15, -0.1) is 0 Å². The van der Waals surface area contributed by atoms with E-state index in [0.29, 0.717) is 5.92 Å². The molecule has 0 aromatic heterocycles. The van der Waals surface area contributed by atoms with Gasteiger partial charge in [0.2, 0.25) is 5.91 Å². The molecule has 86 valence electrons. The Hall–Kier alpha value is -0.570. The SMILES string of the molecule is CC1CCCCC1CN1CCC(N)C1=O. The summed E-state index contributed by atoms with van der Waals surface area (Å²) >= 11 is 0. The van der Waals surface area contributed by atoms with Gasteiger partial charge < -0.3 is 10.6 Å². The normalized spacial score (nSPS) is 37.3. The minimum atomic E-state index is -0.219. The maximum Gasteiger partial charge on any atom is 0.239 e. The Morgan fingerprint density at radius 1 is 1.33 bits per heavy atom. The van der Waals surface area contributed by atoms with E-state index >= 15 is 0 Å². The molecule has 15 heavy (non-hydrogen) atoms. The summed E-state index contributed by atoms with van der Waals surface area (Å²) < 4.78 is 0. The predicted octanol–water partition coefficient (Wildman–Crippen LogP) is 1.37. The standard InChI is InChI=1S/C12H22N2O/c1-9-4-2-3-5-10(9)8-14-7-6-11(13)12(14)15/h9-11H,2-8,13H2,1H3. The topological polar surface area (TPSA) is 46.3 Å². The van der Waals surface area contributed by atoms with Crippen LogP contribution in [0.2, 0.25) is 0 Å². The first-order valence-corrected chi connectivity index (χ1v) is 6.23. The van der Waals surface area contributed by atoms with Crippen molar-refractivity contribution in [2.45, 2.75) is 45.1 Å². The molecule has 0 bridgehead atoms. The van der Waals surface area contributed by atoms with Crippen molar-refractivity contribution in [1.82, 2.24) is 4.90 Å². The molecule has 0 aromatic rings. The fourth-order valence-electron chi connectivity index (χ4n) is 2.89. The lowest BCUT2D eigenvalue weighted by molar-refractivity contribution is -0.129. The molecule has 1 aliphatic heterocycles.